The monoisotopic (exact) mass is 373 g/mol. The lowest BCUT2D eigenvalue weighted by Crippen LogP contribution is -2.31. The van der Waals surface area contributed by atoms with Gasteiger partial charge < -0.3 is 20.1 Å². The van der Waals surface area contributed by atoms with Gasteiger partial charge in [0, 0.05) is 18.7 Å². The molecular formula is C19H25N4O4-. The van der Waals surface area contributed by atoms with E-state index in [9.17, 15) is 10.3 Å². The Morgan fingerprint density at radius 1 is 1.26 bits per heavy atom. The van der Waals surface area contributed by atoms with Gasteiger partial charge in [-0.3, -0.25) is 10.1 Å². The van der Waals surface area contributed by atoms with Gasteiger partial charge in [-0.2, -0.15) is 4.98 Å². The lowest BCUT2D eigenvalue weighted by atomic mass is 9.89. The largest absolute Gasteiger partial charge is 0.733 e. The molecule has 0 radical (unpaired) electrons. The Labute approximate surface area is 157 Å². The first-order valence-corrected chi connectivity index (χ1v) is 9.62. The lowest BCUT2D eigenvalue weighted by Gasteiger charge is -2.29. The molecule has 1 aliphatic heterocycles. The molecule has 0 amide bonds. The van der Waals surface area contributed by atoms with Crippen LogP contribution >= 0.6 is 0 Å². The molecule has 1 aromatic heterocycles. The number of anilines is 1. The van der Waals surface area contributed by atoms with Crippen molar-refractivity contribution in [3.8, 4) is 11.4 Å². The van der Waals surface area contributed by atoms with Crippen LogP contribution in [0.1, 0.15) is 50.5 Å². The number of aromatic nitrogens is 2. The molecule has 1 saturated heterocycles. The van der Waals surface area contributed by atoms with Crippen molar-refractivity contribution in [2.75, 3.05) is 18.3 Å². The highest BCUT2D eigenvalue weighted by Gasteiger charge is 2.37. The molecule has 1 aliphatic carbocycles. The Morgan fingerprint density at radius 3 is 2.85 bits per heavy atom. The van der Waals surface area contributed by atoms with E-state index in [0.717, 1.165) is 6.54 Å². The highest BCUT2D eigenvalue weighted by atomic mass is 16.8. The van der Waals surface area contributed by atoms with E-state index >= 15 is 0 Å². The summed E-state index contributed by atoms with van der Waals surface area (Å²) in [6.07, 6.45) is 6.58. The number of nitrogens with zero attached hydrogens (tertiary/aromatic N) is 4. The molecule has 146 valence electrons. The van der Waals surface area contributed by atoms with E-state index in [2.05, 4.69) is 15.0 Å². The minimum absolute atomic E-state index is 0.0831. The van der Waals surface area contributed by atoms with Crippen molar-refractivity contribution in [2.45, 2.75) is 50.7 Å². The molecular weight excluding hydrogens is 348 g/mol. The van der Waals surface area contributed by atoms with Gasteiger partial charge in [0.25, 0.3) is 0 Å². The van der Waals surface area contributed by atoms with Crippen LogP contribution in [0.3, 0.4) is 0 Å². The summed E-state index contributed by atoms with van der Waals surface area (Å²) >= 11 is 0. The number of rotatable bonds is 5. The molecule has 27 heavy (non-hydrogen) atoms. The SMILES string of the molecule is [O-]N(O)c1cccc(-c2noc([C@@H]3C[C@@H](O)CN3CC3CCCCC3)n2)c1. The van der Waals surface area contributed by atoms with Crippen molar-refractivity contribution >= 4 is 5.69 Å². The Hall–Kier alpha value is -2.00. The molecule has 2 aromatic rings. The summed E-state index contributed by atoms with van der Waals surface area (Å²) in [4.78, 5) is 6.77. The van der Waals surface area contributed by atoms with Gasteiger partial charge >= 0.3 is 0 Å². The van der Waals surface area contributed by atoms with Crippen LogP contribution in [0, 0.1) is 11.1 Å². The molecule has 1 aromatic carbocycles. The number of aliphatic hydroxyl groups is 1. The van der Waals surface area contributed by atoms with E-state index in [1.165, 1.54) is 44.2 Å². The van der Waals surface area contributed by atoms with Crippen LogP contribution in [-0.4, -0.2) is 44.5 Å². The molecule has 2 aliphatic rings. The maximum absolute atomic E-state index is 11.1. The normalized spacial score (nSPS) is 24.4. The average Bonchev–Trinajstić information content (AvgIpc) is 3.29. The van der Waals surface area contributed by atoms with Gasteiger partial charge in [0.05, 0.1) is 17.8 Å². The molecule has 8 heteroatoms. The number of hydrogen-bond donors (Lipinski definition) is 2. The van der Waals surface area contributed by atoms with Gasteiger partial charge in [-0.15, -0.1) is 0 Å². The summed E-state index contributed by atoms with van der Waals surface area (Å²) in [6, 6.07) is 6.32. The van der Waals surface area contributed by atoms with Crippen LogP contribution in [0.2, 0.25) is 0 Å². The highest BCUT2D eigenvalue weighted by Crippen LogP contribution is 2.35. The molecule has 2 fully saturated rings. The average molecular weight is 373 g/mol. The predicted molar refractivity (Wildman–Crippen MR) is 98.9 cm³/mol. The summed E-state index contributed by atoms with van der Waals surface area (Å²) in [5, 5.41) is 34.2. The molecule has 2 heterocycles. The first-order valence-electron chi connectivity index (χ1n) is 9.62. The van der Waals surface area contributed by atoms with Gasteiger partial charge in [0.1, 0.15) is 0 Å². The van der Waals surface area contributed by atoms with Crippen LogP contribution in [-0.2, 0) is 0 Å². The van der Waals surface area contributed by atoms with Gasteiger partial charge in [0.2, 0.25) is 11.7 Å². The maximum Gasteiger partial charge on any atom is 0.244 e. The summed E-state index contributed by atoms with van der Waals surface area (Å²) < 4.78 is 5.50. The molecule has 0 bridgehead atoms. The third-order valence-corrected chi connectivity index (χ3v) is 5.65. The van der Waals surface area contributed by atoms with Crippen molar-refractivity contribution in [1.29, 1.82) is 0 Å². The van der Waals surface area contributed by atoms with Crippen molar-refractivity contribution in [1.82, 2.24) is 15.0 Å². The van der Waals surface area contributed by atoms with Crippen LogP contribution < -0.4 is 5.23 Å². The van der Waals surface area contributed by atoms with E-state index in [-0.39, 0.29) is 23.1 Å². The quantitative estimate of drug-likeness (QED) is 0.770. The fourth-order valence-electron chi connectivity index (χ4n) is 4.29. The fraction of sp³-hybridized carbons (Fsp3) is 0.579. The number of β-amino-alcohol motifs (C(OH)–C–C–N with tert-alkyl or cyclic N) is 1. The molecule has 2 atom stereocenters. The Bertz CT molecular complexity index is 760. The second kappa shape index (κ2) is 7.93. The van der Waals surface area contributed by atoms with E-state index in [4.69, 9.17) is 9.73 Å². The molecule has 8 nitrogen and oxygen atoms in total. The first kappa shape index (κ1) is 18.4. The number of benzene rings is 1. The minimum atomic E-state index is -0.388. The van der Waals surface area contributed by atoms with Crippen molar-refractivity contribution < 1.29 is 14.8 Å². The summed E-state index contributed by atoms with van der Waals surface area (Å²) in [5.74, 6) is 1.52. The lowest BCUT2D eigenvalue weighted by molar-refractivity contribution is 0.147. The second-order valence-corrected chi connectivity index (χ2v) is 7.64. The standard InChI is InChI=1S/C19H25N4O4/c24-16-10-17(22(12-16)11-13-5-2-1-3-6-13)19-20-18(21-27-19)14-7-4-8-15(9-14)23(25)26/h4,7-9,13,16-17,24-25H,1-3,5-6,10-12H2/q-1/t16-,17+/m1/s1. The van der Waals surface area contributed by atoms with Crippen LogP contribution in [0.5, 0.6) is 0 Å². The molecule has 4 rings (SSSR count). The van der Waals surface area contributed by atoms with E-state index in [1.807, 2.05) is 0 Å². The fourth-order valence-corrected chi connectivity index (χ4v) is 4.29. The number of likely N-dealkylation sites (tertiary alicyclic amines) is 1. The summed E-state index contributed by atoms with van der Waals surface area (Å²) in [6.45, 7) is 1.58. The molecule has 2 N–H and O–H groups in total. The number of aliphatic hydroxyl groups excluding tert-OH is 1. The van der Waals surface area contributed by atoms with E-state index < -0.39 is 0 Å². The van der Waals surface area contributed by atoms with E-state index in [1.54, 1.807) is 12.1 Å². The van der Waals surface area contributed by atoms with Crippen LogP contribution in [0.25, 0.3) is 11.4 Å². The topological polar surface area (TPSA) is 109 Å². The Balaban J connectivity index is 1.51. The third kappa shape index (κ3) is 4.14. The van der Waals surface area contributed by atoms with Crippen molar-refractivity contribution in [3.05, 3.63) is 35.4 Å². The van der Waals surface area contributed by atoms with Crippen LogP contribution in [0.15, 0.2) is 28.8 Å². The van der Waals surface area contributed by atoms with E-state index in [0.29, 0.717) is 36.2 Å². The zero-order valence-corrected chi connectivity index (χ0v) is 15.2. The second-order valence-electron chi connectivity index (χ2n) is 7.64. The first-order chi connectivity index (χ1) is 13.1. The van der Waals surface area contributed by atoms with Gasteiger partial charge in [0.15, 0.2) is 0 Å². The summed E-state index contributed by atoms with van der Waals surface area (Å²) in [5.41, 5.74) is 0.698. The molecule has 1 saturated carbocycles. The third-order valence-electron chi connectivity index (χ3n) is 5.65. The maximum atomic E-state index is 11.1. The van der Waals surface area contributed by atoms with Crippen molar-refractivity contribution in [2.24, 2.45) is 5.92 Å². The predicted octanol–water partition coefficient (Wildman–Crippen LogP) is 3.12. The van der Waals surface area contributed by atoms with Crippen LogP contribution in [0.4, 0.5) is 5.69 Å². The number of hydrogen-bond acceptors (Lipinski definition) is 8. The highest BCUT2D eigenvalue weighted by molar-refractivity contribution is 5.62. The van der Waals surface area contributed by atoms with Crippen molar-refractivity contribution in [3.63, 3.8) is 0 Å². The van der Waals surface area contributed by atoms with Gasteiger partial charge in [-0.25, -0.2) is 0 Å². The van der Waals surface area contributed by atoms with Gasteiger partial charge in [-0.05, 0) is 37.3 Å². The zero-order valence-electron chi connectivity index (χ0n) is 15.2. The molecule has 0 spiro atoms. The Morgan fingerprint density at radius 2 is 2.07 bits per heavy atom. The Kier molecular flexibility index (Phi) is 5.40. The minimum Gasteiger partial charge on any atom is -0.733 e. The van der Waals surface area contributed by atoms with Gasteiger partial charge in [-0.1, -0.05) is 36.6 Å². The zero-order chi connectivity index (χ0) is 18.8. The molecule has 0 unspecified atom stereocenters. The smallest absolute Gasteiger partial charge is 0.244 e. The summed E-state index contributed by atoms with van der Waals surface area (Å²) in [7, 11) is 0.